The van der Waals surface area contributed by atoms with E-state index in [0.29, 0.717) is 13.2 Å². The fraction of sp³-hybridized carbons (Fsp3) is 0.455. The molecule has 0 aliphatic carbocycles. The van der Waals surface area contributed by atoms with Crippen molar-refractivity contribution in [2.75, 3.05) is 13.2 Å². The smallest absolute Gasteiger partial charge is 0.124 e. The van der Waals surface area contributed by atoms with Gasteiger partial charge in [-0.25, -0.2) is 0 Å². The fourth-order valence-corrected chi connectivity index (χ4v) is 1.26. The average Bonchev–Trinajstić information content (AvgIpc) is 2.25. The Morgan fingerprint density at radius 1 is 1.36 bits per heavy atom. The third kappa shape index (κ3) is 2.72. The highest BCUT2D eigenvalue weighted by Crippen LogP contribution is 2.22. The van der Waals surface area contributed by atoms with Crippen molar-refractivity contribution in [3.8, 4) is 5.75 Å². The lowest BCUT2D eigenvalue weighted by molar-refractivity contribution is 0.312. The Balaban J connectivity index is 2.79. The van der Waals surface area contributed by atoms with Gasteiger partial charge in [0.2, 0.25) is 0 Å². The van der Waals surface area contributed by atoms with Gasteiger partial charge in [-0.1, -0.05) is 25.1 Å². The first kappa shape index (κ1) is 11.0. The summed E-state index contributed by atoms with van der Waals surface area (Å²) in [5.74, 6) is 0.854. The van der Waals surface area contributed by atoms with Crippen molar-refractivity contribution in [2.24, 2.45) is 11.5 Å². The molecule has 1 aromatic carbocycles. The van der Waals surface area contributed by atoms with Gasteiger partial charge in [-0.3, -0.25) is 0 Å². The lowest BCUT2D eigenvalue weighted by Crippen LogP contribution is -2.21. The van der Waals surface area contributed by atoms with E-state index in [4.69, 9.17) is 16.2 Å². The highest BCUT2D eigenvalue weighted by atomic mass is 16.5. The summed E-state index contributed by atoms with van der Waals surface area (Å²) < 4.78 is 5.57. The van der Waals surface area contributed by atoms with Crippen molar-refractivity contribution in [1.29, 1.82) is 0 Å². The van der Waals surface area contributed by atoms with Crippen molar-refractivity contribution >= 4 is 0 Å². The summed E-state index contributed by atoms with van der Waals surface area (Å²) in [7, 11) is 0. The van der Waals surface area contributed by atoms with Crippen LogP contribution in [-0.4, -0.2) is 13.2 Å². The molecule has 0 fully saturated rings. The van der Waals surface area contributed by atoms with Crippen molar-refractivity contribution < 1.29 is 4.74 Å². The summed E-state index contributed by atoms with van der Waals surface area (Å²) in [6, 6.07) is 7.65. The third-order valence-corrected chi connectivity index (χ3v) is 2.03. The molecular weight excluding hydrogens is 176 g/mol. The maximum Gasteiger partial charge on any atom is 0.124 e. The first-order valence-corrected chi connectivity index (χ1v) is 4.97. The summed E-state index contributed by atoms with van der Waals surface area (Å²) in [4.78, 5) is 0. The van der Waals surface area contributed by atoms with Crippen LogP contribution < -0.4 is 16.2 Å². The molecule has 1 rings (SSSR count). The molecule has 0 heterocycles. The number of benzene rings is 1. The highest BCUT2D eigenvalue weighted by Gasteiger charge is 2.09. The van der Waals surface area contributed by atoms with Crippen LogP contribution in [0.3, 0.4) is 0 Å². The van der Waals surface area contributed by atoms with Gasteiger partial charge in [0.05, 0.1) is 6.61 Å². The second kappa shape index (κ2) is 5.62. The van der Waals surface area contributed by atoms with Crippen molar-refractivity contribution in [3.63, 3.8) is 0 Å². The zero-order valence-electron chi connectivity index (χ0n) is 8.57. The van der Waals surface area contributed by atoms with E-state index in [9.17, 15) is 0 Å². The zero-order chi connectivity index (χ0) is 10.4. The molecular formula is C11H18N2O. The average molecular weight is 194 g/mol. The van der Waals surface area contributed by atoms with Crippen LogP contribution >= 0.6 is 0 Å². The van der Waals surface area contributed by atoms with E-state index in [2.05, 4.69) is 6.92 Å². The van der Waals surface area contributed by atoms with Crippen molar-refractivity contribution in [1.82, 2.24) is 0 Å². The zero-order valence-corrected chi connectivity index (χ0v) is 8.57. The van der Waals surface area contributed by atoms with Gasteiger partial charge in [0, 0.05) is 18.2 Å². The van der Waals surface area contributed by atoms with Gasteiger partial charge in [-0.2, -0.15) is 0 Å². The lowest BCUT2D eigenvalue weighted by atomic mass is 10.1. The number of ether oxygens (including phenoxy) is 1. The van der Waals surface area contributed by atoms with E-state index in [1.807, 2.05) is 24.3 Å². The molecule has 0 aliphatic heterocycles. The summed E-state index contributed by atoms with van der Waals surface area (Å²) in [5.41, 5.74) is 12.4. The number of nitrogens with two attached hydrogens (primary N) is 2. The van der Waals surface area contributed by atoms with Gasteiger partial charge in [0.15, 0.2) is 0 Å². The maximum absolute atomic E-state index is 5.86. The van der Waals surface area contributed by atoms with Gasteiger partial charge in [0.25, 0.3) is 0 Å². The van der Waals surface area contributed by atoms with E-state index in [-0.39, 0.29) is 6.04 Å². The van der Waals surface area contributed by atoms with E-state index in [1.165, 1.54) is 0 Å². The summed E-state index contributed by atoms with van der Waals surface area (Å²) in [6.45, 7) is 3.23. The molecule has 0 spiro atoms. The van der Waals surface area contributed by atoms with Crippen LogP contribution in [0.2, 0.25) is 0 Å². The van der Waals surface area contributed by atoms with Crippen molar-refractivity contribution in [2.45, 2.75) is 19.4 Å². The van der Waals surface area contributed by atoms with Crippen LogP contribution in [-0.2, 0) is 0 Å². The number of para-hydroxylation sites is 1. The van der Waals surface area contributed by atoms with Crippen LogP contribution in [0.15, 0.2) is 24.3 Å². The van der Waals surface area contributed by atoms with E-state index < -0.39 is 0 Å². The van der Waals surface area contributed by atoms with Gasteiger partial charge >= 0.3 is 0 Å². The molecule has 1 aromatic rings. The van der Waals surface area contributed by atoms with E-state index in [1.54, 1.807) is 0 Å². The summed E-state index contributed by atoms with van der Waals surface area (Å²) in [6.07, 6.45) is 0.992. The van der Waals surface area contributed by atoms with Gasteiger partial charge in [-0.05, 0) is 12.5 Å². The molecule has 0 amide bonds. The Hall–Kier alpha value is -1.06. The second-order valence-corrected chi connectivity index (χ2v) is 3.23. The summed E-state index contributed by atoms with van der Waals surface area (Å²) >= 11 is 0. The molecule has 0 aliphatic rings. The second-order valence-electron chi connectivity index (χ2n) is 3.23. The molecule has 14 heavy (non-hydrogen) atoms. The van der Waals surface area contributed by atoms with Crippen LogP contribution in [0.5, 0.6) is 5.75 Å². The van der Waals surface area contributed by atoms with Crippen LogP contribution in [0, 0.1) is 0 Å². The minimum Gasteiger partial charge on any atom is -0.493 e. The summed E-state index contributed by atoms with van der Waals surface area (Å²) in [5, 5.41) is 0. The molecule has 1 unspecified atom stereocenters. The molecule has 3 nitrogen and oxygen atoms in total. The quantitative estimate of drug-likeness (QED) is 0.745. The molecule has 0 saturated heterocycles. The molecule has 4 N–H and O–H groups in total. The van der Waals surface area contributed by atoms with Crippen LogP contribution in [0.4, 0.5) is 0 Å². The molecule has 78 valence electrons. The first-order chi connectivity index (χ1) is 6.79. The molecule has 0 bridgehead atoms. The molecule has 3 heteroatoms. The Bertz CT molecular complexity index is 276. The highest BCUT2D eigenvalue weighted by molar-refractivity contribution is 5.35. The standard InChI is InChI=1S/C11H18N2O/c1-2-7-14-11-6-4-3-5-9(11)10(13)8-12/h3-6,10H,2,7-8,12-13H2,1H3. The predicted octanol–water partition coefficient (Wildman–Crippen LogP) is 1.43. The topological polar surface area (TPSA) is 61.3 Å². The Morgan fingerprint density at radius 2 is 2.07 bits per heavy atom. The molecule has 0 radical (unpaired) electrons. The largest absolute Gasteiger partial charge is 0.493 e. The first-order valence-electron chi connectivity index (χ1n) is 4.97. The fourth-order valence-electron chi connectivity index (χ4n) is 1.26. The number of hydrogen-bond donors (Lipinski definition) is 2. The number of hydrogen-bond acceptors (Lipinski definition) is 3. The monoisotopic (exact) mass is 194 g/mol. The lowest BCUT2D eigenvalue weighted by Gasteiger charge is -2.14. The minimum absolute atomic E-state index is 0.136. The minimum atomic E-state index is -0.136. The van der Waals surface area contributed by atoms with Gasteiger partial charge in [0.1, 0.15) is 5.75 Å². The van der Waals surface area contributed by atoms with E-state index >= 15 is 0 Å². The SMILES string of the molecule is CCCOc1ccccc1C(N)CN. The van der Waals surface area contributed by atoms with Crippen LogP contribution in [0.1, 0.15) is 24.9 Å². The Kier molecular flexibility index (Phi) is 4.43. The van der Waals surface area contributed by atoms with Gasteiger partial charge < -0.3 is 16.2 Å². The Labute approximate surface area is 85.0 Å². The molecule has 1 atom stereocenters. The van der Waals surface area contributed by atoms with E-state index in [0.717, 1.165) is 17.7 Å². The third-order valence-electron chi connectivity index (χ3n) is 2.03. The molecule has 0 saturated carbocycles. The Morgan fingerprint density at radius 3 is 2.71 bits per heavy atom. The maximum atomic E-state index is 5.86. The normalized spacial score (nSPS) is 12.5. The van der Waals surface area contributed by atoms with Crippen molar-refractivity contribution in [3.05, 3.63) is 29.8 Å². The van der Waals surface area contributed by atoms with Gasteiger partial charge in [-0.15, -0.1) is 0 Å². The predicted molar refractivity (Wildman–Crippen MR) is 58.2 cm³/mol. The molecule has 0 aromatic heterocycles. The van der Waals surface area contributed by atoms with Crippen LogP contribution in [0.25, 0.3) is 0 Å². The number of rotatable bonds is 5.